The van der Waals surface area contributed by atoms with Crippen molar-refractivity contribution >= 4 is 17.2 Å². The smallest absolute Gasteiger partial charge is 0.235 e. The zero-order chi connectivity index (χ0) is 17.6. The van der Waals surface area contributed by atoms with E-state index in [2.05, 4.69) is 15.3 Å². The molecule has 25 heavy (non-hydrogen) atoms. The molecule has 3 rings (SSSR count). The highest BCUT2D eigenvalue weighted by molar-refractivity contribution is 5.69. The van der Waals surface area contributed by atoms with Gasteiger partial charge in [-0.2, -0.15) is 10.2 Å². The molecule has 0 saturated heterocycles. The van der Waals surface area contributed by atoms with Crippen molar-refractivity contribution in [1.82, 2.24) is 9.97 Å². The fourth-order valence-corrected chi connectivity index (χ4v) is 2.24. The van der Waals surface area contributed by atoms with Crippen molar-refractivity contribution in [2.45, 2.75) is 13.3 Å². The molecule has 0 amide bonds. The Kier molecular flexibility index (Phi) is 4.81. The van der Waals surface area contributed by atoms with Crippen LogP contribution in [0, 0.1) is 11.3 Å². The second-order valence-corrected chi connectivity index (χ2v) is 5.31. The molecule has 0 fully saturated rings. The van der Waals surface area contributed by atoms with Gasteiger partial charge in [-0.1, -0.05) is 6.92 Å². The summed E-state index contributed by atoms with van der Waals surface area (Å²) in [5, 5.41) is 12.4. The van der Waals surface area contributed by atoms with Crippen molar-refractivity contribution in [3.63, 3.8) is 0 Å². The van der Waals surface area contributed by atoms with E-state index in [4.69, 9.17) is 14.9 Å². The largest absolute Gasteiger partial charge is 0.477 e. The molecular weight excluding hydrogens is 318 g/mol. The molecule has 0 saturated carbocycles. The molecule has 3 aromatic rings. The molecule has 2 aromatic heterocycles. The highest BCUT2D eigenvalue weighted by Crippen LogP contribution is 2.28. The number of nitriles is 1. The van der Waals surface area contributed by atoms with Crippen LogP contribution in [0.15, 0.2) is 47.3 Å². The third-order valence-electron chi connectivity index (χ3n) is 3.45. The molecule has 2 heterocycles. The van der Waals surface area contributed by atoms with E-state index in [9.17, 15) is 5.26 Å². The van der Waals surface area contributed by atoms with Crippen LogP contribution in [-0.2, 0) is 0 Å². The molecule has 0 atom stereocenters. The number of nitrogen functional groups attached to an aromatic ring is 1. The molecule has 1 aromatic carbocycles. The van der Waals surface area contributed by atoms with Gasteiger partial charge >= 0.3 is 0 Å². The Balaban J connectivity index is 1.82. The van der Waals surface area contributed by atoms with Crippen LogP contribution >= 0.6 is 0 Å². The number of pyridine rings is 1. The number of ether oxygens (including phenoxy) is 1. The first-order chi connectivity index (χ1) is 12.2. The number of anilines is 3. The number of hydrogen-bond donors (Lipinski definition) is 2. The third kappa shape index (κ3) is 3.70. The highest BCUT2D eigenvalue weighted by Gasteiger charge is 2.12. The molecule has 0 unspecified atom stereocenters. The summed E-state index contributed by atoms with van der Waals surface area (Å²) in [7, 11) is 0. The SMILES string of the molecule is CCCOc1nc(Nc2ccc(-c3cnco3)cc2)cc(N)c1C#N. The van der Waals surface area contributed by atoms with Gasteiger partial charge in [0.25, 0.3) is 0 Å². The van der Waals surface area contributed by atoms with Gasteiger partial charge in [0.05, 0.1) is 18.5 Å². The summed E-state index contributed by atoms with van der Waals surface area (Å²) >= 11 is 0. The van der Waals surface area contributed by atoms with Crippen molar-refractivity contribution in [2.24, 2.45) is 0 Å². The topological polar surface area (TPSA) is 110 Å². The minimum Gasteiger partial charge on any atom is -0.477 e. The van der Waals surface area contributed by atoms with E-state index < -0.39 is 0 Å². The first-order valence-corrected chi connectivity index (χ1v) is 7.80. The molecule has 0 aliphatic rings. The van der Waals surface area contributed by atoms with Crippen LogP contribution in [0.5, 0.6) is 5.88 Å². The number of nitrogens with two attached hydrogens (primary N) is 1. The van der Waals surface area contributed by atoms with Gasteiger partial charge in [0.2, 0.25) is 5.88 Å². The predicted molar refractivity (Wildman–Crippen MR) is 94.4 cm³/mol. The molecule has 0 radical (unpaired) electrons. The van der Waals surface area contributed by atoms with Gasteiger partial charge < -0.3 is 20.2 Å². The van der Waals surface area contributed by atoms with Crippen molar-refractivity contribution in [2.75, 3.05) is 17.7 Å². The van der Waals surface area contributed by atoms with Crippen molar-refractivity contribution in [1.29, 1.82) is 5.26 Å². The molecule has 126 valence electrons. The van der Waals surface area contributed by atoms with Crippen molar-refractivity contribution in [3.8, 4) is 23.3 Å². The highest BCUT2D eigenvalue weighted by atomic mass is 16.5. The number of aromatic nitrogens is 2. The van der Waals surface area contributed by atoms with Crippen molar-refractivity contribution in [3.05, 3.63) is 48.5 Å². The Bertz CT molecular complexity index is 883. The van der Waals surface area contributed by atoms with Gasteiger partial charge in [-0.3, -0.25) is 0 Å². The Hall–Kier alpha value is -3.53. The monoisotopic (exact) mass is 335 g/mol. The second-order valence-electron chi connectivity index (χ2n) is 5.31. The molecule has 0 bridgehead atoms. The maximum atomic E-state index is 9.22. The average molecular weight is 335 g/mol. The Morgan fingerprint density at radius 2 is 2.12 bits per heavy atom. The lowest BCUT2D eigenvalue weighted by Gasteiger charge is -2.12. The summed E-state index contributed by atoms with van der Waals surface area (Å²) in [4.78, 5) is 8.25. The molecule has 3 N–H and O–H groups in total. The molecule has 0 aliphatic carbocycles. The van der Waals surface area contributed by atoms with E-state index in [0.29, 0.717) is 23.9 Å². The minimum atomic E-state index is 0.241. The summed E-state index contributed by atoms with van der Waals surface area (Å²) in [5.41, 5.74) is 8.26. The van der Waals surface area contributed by atoms with E-state index in [1.807, 2.05) is 37.3 Å². The van der Waals surface area contributed by atoms with Crippen LogP contribution in [0.2, 0.25) is 0 Å². The number of hydrogen-bond acceptors (Lipinski definition) is 7. The number of benzene rings is 1. The van der Waals surface area contributed by atoms with Gasteiger partial charge in [0.15, 0.2) is 12.2 Å². The first-order valence-electron chi connectivity index (χ1n) is 7.80. The first kappa shape index (κ1) is 16.3. The van der Waals surface area contributed by atoms with Crippen LogP contribution < -0.4 is 15.8 Å². The van der Waals surface area contributed by atoms with Crippen LogP contribution in [0.3, 0.4) is 0 Å². The zero-order valence-corrected chi connectivity index (χ0v) is 13.7. The number of nitrogens with one attached hydrogen (secondary N) is 1. The van der Waals surface area contributed by atoms with Gasteiger partial charge in [0, 0.05) is 17.3 Å². The standard InChI is InChI=1S/C18H17N5O2/c1-2-7-24-18-14(9-19)15(20)8-17(23-18)22-13-5-3-12(4-6-13)16-10-21-11-25-16/h3-6,8,10-11H,2,7H2,1H3,(H3,20,22,23). The van der Waals surface area contributed by atoms with E-state index in [1.54, 1.807) is 12.3 Å². The maximum Gasteiger partial charge on any atom is 0.235 e. The fourth-order valence-electron chi connectivity index (χ4n) is 2.24. The number of rotatable bonds is 6. The van der Waals surface area contributed by atoms with E-state index in [0.717, 1.165) is 17.7 Å². The molecule has 7 nitrogen and oxygen atoms in total. The van der Waals surface area contributed by atoms with E-state index >= 15 is 0 Å². The maximum absolute atomic E-state index is 9.22. The van der Waals surface area contributed by atoms with Gasteiger partial charge in [-0.05, 0) is 30.7 Å². The van der Waals surface area contributed by atoms with Crippen molar-refractivity contribution < 1.29 is 9.15 Å². The van der Waals surface area contributed by atoms with E-state index in [1.165, 1.54) is 6.39 Å². The van der Waals surface area contributed by atoms with Crippen LogP contribution in [0.1, 0.15) is 18.9 Å². The second kappa shape index (κ2) is 7.36. The summed E-state index contributed by atoms with van der Waals surface area (Å²) in [6, 6.07) is 11.2. The molecular formula is C18H17N5O2. The number of nitrogens with zero attached hydrogens (tertiary/aromatic N) is 3. The van der Waals surface area contributed by atoms with Gasteiger partial charge in [-0.25, -0.2) is 4.98 Å². The molecule has 0 spiro atoms. The fraction of sp³-hybridized carbons (Fsp3) is 0.167. The summed E-state index contributed by atoms with van der Waals surface area (Å²) in [6.07, 6.45) is 3.86. The van der Waals surface area contributed by atoms with Crippen LogP contribution in [0.4, 0.5) is 17.2 Å². The quantitative estimate of drug-likeness (QED) is 0.706. The summed E-state index contributed by atoms with van der Waals surface area (Å²) in [6.45, 7) is 2.45. The summed E-state index contributed by atoms with van der Waals surface area (Å²) in [5.74, 6) is 1.45. The Morgan fingerprint density at radius 3 is 2.76 bits per heavy atom. The van der Waals surface area contributed by atoms with Crippen LogP contribution in [-0.4, -0.2) is 16.6 Å². The average Bonchev–Trinajstić information content (AvgIpc) is 3.15. The lowest BCUT2D eigenvalue weighted by molar-refractivity contribution is 0.305. The Morgan fingerprint density at radius 1 is 1.32 bits per heavy atom. The van der Waals surface area contributed by atoms with Crippen LogP contribution in [0.25, 0.3) is 11.3 Å². The molecule has 7 heteroatoms. The lowest BCUT2D eigenvalue weighted by Crippen LogP contribution is -2.05. The van der Waals surface area contributed by atoms with Gasteiger partial charge in [-0.15, -0.1) is 0 Å². The molecule has 0 aliphatic heterocycles. The number of oxazole rings is 1. The lowest BCUT2D eigenvalue weighted by atomic mass is 10.1. The minimum absolute atomic E-state index is 0.241. The Labute approximate surface area is 145 Å². The zero-order valence-electron chi connectivity index (χ0n) is 13.7. The van der Waals surface area contributed by atoms with Gasteiger partial charge in [0.1, 0.15) is 17.5 Å². The third-order valence-corrected chi connectivity index (χ3v) is 3.45. The normalized spacial score (nSPS) is 10.2. The predicted octanol–water partition coefficient (Wildman–Crippen LogP) is 3.72. The van der Waals surface area contributed by atoms with E-state index in [-0.39, 0.29) is 11.4 Å². The summed E-state index contributed by atoms with van der Waals surface area (Å²) < 4.78 is 10.8.